The Morgan fingerprint density at radius 2 is 2.00 bits per heavy atom. The van der Waals surface area contributed by atoms with Gasteiger partial charge in [-0.1, -0.05) is 23.7 Å². The molecule has 10 heteroatoms. The van der Waals surface area contributed by atoms with Gasteiger partial charge in [-0.25, -0.2) is 13.4 Å². The lowest BCUT2D eigenvalue weighted by molar-refractivity contribution is -0.139. The Bertz CT molecular complexity index is 896. The second-order valence-corrected chi connectivity index (χ2v) is 8.89. The largest absolute Gasteiger partial charge is 0.368 e. The van der Waals surface area contributed by atoms with E-state index in [1.165, 1.54) is 10.4 Å². The van der Waals surface area contributed by atoms with E-state index >= 15 is 0 Å². The molecule has 0 bridgehead atoms. The minimum Gasteiger partial charge on any atom is -0.368 e. The van der Waals surface area contributed by atoms with Crippen molar-refractivity contribution in [3.8, 4) is 0 Å². The van der Waals surface area contributed by atoms with Crippen LogP contribution in [0.15, 0.2) is 41.6 Å². The SMILES string of the molecule is CC(Cc1ncc[nH]1)OCC(=O)N1CCN(S(=O)(=O)c2ccccc2Cl)CC1. The van der Waals surface area contributed by atoms with Crippen LogP contribution in [0.1, 0.15) is 12.7 Å². The molecule has 1 N–H and O–H groups in total. The molecule has 1 aromatic heterocycles. The first-order valence-electron chi connectivity index (χ1n) is 9.00. The van der Waals surface area contributed by atoms with Gasteiger partial charge in [0.05, 0.1) is 11.1 Å². The van der Waals surface area contributed by atoms with Crippen molar-refractivity contribution in [1.29, 1.82) is 0 Å². The second-order valence-electron chi connectivity index (χ2n) is 6.58. The Labute approximate surface area is 169 Å². The van der Waals surface area contributed by atoms with Gasteiger partial charge < -0.3 is 14.6 Å². The van der Waals surface area contributed by atoms with E-state index in [4.69, 9.17) is 16.3 Å². The third kappa shape index (κ3) is 4.91. The lowest BCUT2D eigenvalue weighted by Crippen LogP contribution is -2.51. The van der Waals surface area contributed by atoms with Gasteiger partial charge in [0.1, 0.15) is 17.3 Å². The molecule has 1 unspecified atom stereocenters. The van der Waals surface area contributed by atoms with Crippen LogP contribution in [0, 0.1) is 0 Å². The molecule has 8 nitrogen and oxygen atoms in total. The molecule has 1 atom stereocenters. The number of sulfonamides is 1. The first-order chi connectivity index (χ1) is 13.4. The fourth-order valence-electron chi connectivity index (χ4n) is 3.02. The molecular weight excluding hydrogens is 404 g/mol. The molecule has 28 heavy (non-hydrogen) atoms. The van der Waals surface area contributed by atoms with E-state index in [1.807, 2.05) is 6.92 Å². The van der Waals surface area contributed by atoms with Crippen molar-refractivity contribution in [2.24, 2.45) is 0 Å². The molecule has 3 rings (SSSR count). The monoisotopic (exact) mass is 426 g/mol. The van der Waals surface area contributed by atoms with Gasteiger partial charge >= 0.3 is 0 Å². The zero-order valence-electron chi connectivity index (χ0n) is 15.5. The lowest BCUT2D eigenvalue weighted by Gasteiger charge is -2.34. The number of rotatable bonds is 7. The van der Waals surface area contributed by atoms with Crippen LogP contribution in [0.2, 0.25) is 5.02 Å². The number of piperazine rings is 1. The Hall–Kier alpha value is -1.94. The molecule has 0 aliphatic carbocycles. The summed E-state index contributed by atoms with van der Waals surface area (Å²) in [4.78, 5) is 21.2. The highest BCUT2D eigenvalue weighted by molar-refractivity contribution is 7.89. The number of nitrogens with one attached hydrogen (secondary N) is 1. The summed E-state index contributed by atoms with van der Waals surface area (Å²) in [5.41, 5.74) is 0. The van der Waals surface area contributed by atoms with Gasteiger partial charge in [0.15, 0.2) is 0 Å². The highest BCUT2D eigenvalue weighted by Gasteiger charge is 2.31. The van der Waals surface area contributed by atoms with Gasteiger partial charge in [-0.2, -0.15) is 4.31 Å². The molecule has 2 aromatic rings. The van der Waals surface area contributed by atoms with Gasteiger partial charge in [0, 0.05) is 45.0 Å². The number of aromatic amines is 1. The molecule has 2 heterocycles. The smallest absolute Gasteiger partial charge is 0.248 e. The van der Waals surface area contributed by atoms with Crippen molar-refractivity contribution in [2.75, 3.05) is 32.8 Å². The van der Waals surface area contributed by atoms with Gasteiger partial charge in [0.25, 0.3) is 0 Å². The summed E-state index contributed by atoms with van der Waals surface area (Å²) in [6.45, 7) is 2.92. The number of imidazole rings is 1. The normalized spacial score (nSPS) is 16.9. The standard InChI is InChI=1S/C18H23ClN4O4S/c1-14(12-17-20-6-7-21-17)27-13-18(24)22-8-10-23(11-9-22)28(25,26)16-5-3-2-4-15(16)19/h2-7,14H,8-13H2,1H3,(H,20,21). The number of ether oxygens (including phenoxy) is 1. The summed E-state index contributed by atoms with van der Waals surface area (Å²) in [5.74, 6) is 0.652. The van der Waals surface area contributed by atoms with Crippen LogP contribution < -0.4 is 0 Å². The van der Waals surface area contributed by atoms with Crippen LogP contribution in [-0.4, -0.2) is 72.4 Å². The van der Waals surface area contributed by atoms with E-state index in [1.54, 1.807) is 35.5 Å². The third-order valence-corrected chi connectivity index (χ3v) is 6.97. The van der Waals surface area contributed by atoms with Crippen LogP contribution in [0.5, 0.6) is 0 Å². The zero-order valence-corrected chi connectivity index (χ0v) is 17.1. The van der Waals surface area contributed by atoms with Crippen molar-refractivity contribution < 1.29 is 17.9 Å². The topological polar surface area (TPSA) is 95.6 Å². The van der Waals surface area contributed by atoms with E-state index in [2.05, 4.69) is 9.97 Å². The maximum atomic E-state index is 12.8. The molecule has 1 aromatic carbocycles. The van der Waals surface area contributed by atoms with Crippen molar-refractivity contribution >= 4 is 27.5 Å². The minimum atomic E-state index is -3.67. The second kappa shape index (κ2) is 9.04. The van der Waals surface area contributed by atoms with Gasteiger partial charge in [0.2, 0.25) is 15.9 Å². The summed E-state index contributed by atoms with van der Waals surface area (Å²) in [6.07, 6.45) is 3.84. The van der Waals surface area contributed by atoms with Crippen LogP contribution >= 0.6 is 11.6 Å². The number of hydrogen-bond donors (Lipinski definition) is 1. The molecular formula is C18H23ClN4O4S. The van der Waals surface area contributed by atoms with Crippen molar-refractivity contribution in [3.63, 3.8) is 0 Å². The Balaban J connectivity index is 1.49. The zero-order chi connectivity index (χ0) is 20.1. The molecule has 1 aliphatic rings. The average molecular weight is 427 g/mol. The first-order valence-corrected chi connectivity index (χ1v) is 10.8. The maximum absolute atomic E-state index is 12.8. The van der Waals surface area contributed by atoms with Gasteiger partial charge in [-0.05, 0) is 19.1 Å². The number of nitrogens with zero attached hydrogens (tertiary/aromatic N) is 3. The molecule has 152 valence electrons. The Kier molecular flexibility index (Phi) is 6.71. The number of H-pyrrole nitrogens is 1. The van der Waals surface area contributed by atoms with Crippen molar-refractivity contribution in [1.82, 2.24) is 19.2 Å². The van der Waals surface area contributed by atoms with Crippen molar-refractivity contribution in [2.45, 2.75) is 24.3 Å². The van der Waals surface area contributed by atoms with E-state index < -0.39 is 10.0 Å². The van der Waals surface area contributed by atoms with E-state index in [0.29, 0.717) is 19.5 Å². The Morgan fingerprint density at radius 3 is 2.64 bits per heavy atom. The molecule has 0 spiro atoms. The number of carbonyl (C=O) groups excluding carboxylic acids is 1. The average Bonchev–Trinajstić information content (AvgIpc) is 3.19. The van der Waals surface area contributed by atoms with Gasteiger partial charge in [-0.3, -0.25) is 4.79 Å². The van der Waals surface area contributed by atoms with Crippen LogP contribution in [0.3, 0.4) is 0 Å². The molecule has 1 aliphatic heterocycles. The van der Waals surface area contributed by atoms with E-state index in [0.717, 1.165) is 5.82 Å². The Morgan fingerprint density at radius 1 is 1.29 bits per heavy atom. The first kappa shape index (κ1) is 20.8. The summed E-state index contributed by atoms with van der Waals surface area (Å²) in [7, 11) is -3.67. The fraction of sp³-hybridized carbons (Fsp3) is 0.444. The number of halogens is 1. The predicted octanol–water partition coefficient (Wildman–Crippen LogP) is 1.54. The summed E-state index contributed by atoms with van der Waals surface area (Å²) >= 11 is 6.04. The molecule has 1 saturated heterocycles. The molecule has 1 amide bonds. The van der Waals surface area contributed by atoms with E-state index in [-0.39, 0.29) is 41.6 Å². The lowest BCUT2D eigenvalue weighted by atomic mass is 10.3. The number of carbonyl (C=O) groups is 1. The third-order valence-electron chi connectivity index (χ3n) is 4.57. The number of benzene rings is 1. The van der Waals surface area contributed by atoms with Gasteiger partial charge in [-0.15, -0.1) is 0 Å². The highest BCUT2D eigenvalue weighted by atomic mass is 35.5. The maximum Gasteiger partial charge on any atom is 0.248 e. The summed E-state index contributed by atoms with van der Waals surface area (Å²) in [6, 6.07) is 6.36. The van der Waals surface area contributed by atoms with Crippen molar-refractivity contribution in [3.05, 3.63) is 47.5 Å². The van der Waals surface area contributed by atoms with Crippen LogP contribution in [0.4, 0.5) is 0 Å². The summed E-state index contributed by atoms with van der Waals surface area (Å²) < 4.78 is 32.5. The molecule has 0 radical (unpaired) electrons. The predicted molar refractivity (Wildman–Crippen MR) is 104 cm³/mol. The molecule has 0 saturated carbocycles. The fourth-order valence-corrected chi connectivity index (χ4v) is 4.93. The van der Waals surface area contributed by atoms with E-state index in [9.17, 15) is 13.2 Å². The highest BCUT2D eigenvalue weighted by Crippen LogP contribution is 2.25. The summed E-state index contributed by atoms with van der Waals surface area (Å²) in [5, 5.41) is 0.194. The minimum absolute atomic E-state index is 0.0425. The number of amides is 1. The number of hydrogen-bond acceptors (Lipinski definition) is 5. The molecule has 1 fully saturated rings. The van der Waals surface area contributed by atoms with Crippen LogP contribution in [0.25, 0.3) is 0 Å². The number of aromatic nitrogens is 2. The quantitative estimate of drug-likeness (QED) is 0.724. The van der Waals surface area contributed by atoms with Crippen LogP contribution in [-0.2, 0) is 26.0 Å².